The summed E-state index contributed by atoms with van der Waals surface area (Å²) < 4.78 is 33.7. The highest BCUT2D eigenvalue weighted by Gasteiger charge is 2.30. The van der Waals surface area contributed by atoms with Gasteiger partial charge in [-0.1, -0.05) is 35.0 Å². The molecule has 0 radical (unpaired) electrons. The Bertz CT molecular complexity index is 1120. The molecular formula is C19H18ClN3O3S. The van der Waals surface area contributed by atoms with E-state index in [0.29, 0.717) is 39.5 Å². The number of halogens is 1. The van der Waals surface area contributed by atoms with Crippen LogP contribution in [0.5, 0.6) is 0 Å². The van der Waals surface area contributed by atoms with Crippen LogP contribution in [0.25, 0.3) is 11.4 Å². The van der Waals surface area contributed by atoms with Gasteiger partial charge in [0.2, 0.25) is 11.7 Å². The first kappa shape index (κ1) is 18.0. The van der Waals surface area contributed by atoms with Crippen molar-refractivity contribution in [1.29, 1.82) is 0 Å². The number of sulfonamides is 1. The Morgan fingerprint density at radius 2 is 1.93 bits per heavy atom. The lowest BCUT2D eigenvalue weighted by Crippen LogP contribution is -2.14. The van der Waals surface area contributed by atoms with Gasteiger partial charge in [-0.05, 0) is 56.0 Å². The van der Waals surface area contributed by atoms with Gasteiger partial charge in [0.1, 0.15) is 0 Å². The topological polar surface area (TPSA) is 85.1 Å². The number of benzene rings is 2. The van der Waals surface area contributed by atoms with Crippen molar-refractivity contribution in [3.8, 4) is 11.4 Å². The maximum Gasteiger partial charge on any atom is 0.262 e. The minimum Gasteiger partial charge on any atom is -0.339 e. The fourth-order valence-corrected chi connectivity index (χ4v) is 4.47. The Hall–Kier alpha value is -2.38. The number of hydrogen-bond donors (Lipinski definition) is 1. The minimum atomic E-state index is -3.83. The van der Waals surface area contributed by atoms with E-state index in [4.69, 9.17) is 16.1 Å². The largest absolute Gasteiger partial charge is 0.339 e. The zero-order valence-electron chi connectivity index (χ0n) is 14.9. The predicted octanol–water partition coefficient (Wildman–Crippen LogP) is 4.69. The third-order valence-corrected chi connectivity index (χ3v) is 6.29. The summed E-state index contributed by atoms with van der Waals surface area (Å²) in [5.74, 6) is 1.34. The third-order valence-electron chi connectivity index (χ3n) is 4.47. The molecule has 1 aliphatic carbocycles. The van der Waals surface area contributed by atoms with Crippen molar-refractivity contribution in [3.05, 3.63) is 58.4 Å². The fourth-order valence-electron chi connectivity index (χ4n) is 2.78. The van der Waals surface area contributed by atoms with E-state index in [-0.39, 0.29) is 4.90 Å². The van der Waals surface area contributed by atoms with E-state index in [0.717, 1.165) is 18.4 Å². The smallest absolute Gasteiger partial charge is 0.262 e. The van der Waals surface area contributed by atoms with Gasteiger partial charge in [-0.2, -0.15) is 4.98 Å². The molecule has 0 atom stereocenters. The lowest BCUT2D eigenvalue weighted by Gasteiger charge is -2.12. The summed E-state index contributed by atoms with van der Waals surface area (Å²) in [5.41, 5.74) is 2.49. The van der Waals surface area contributed by atoms with Crippen LogP contribution in [0, 0.1) is 13.8 Å². The van der Waals surface area contributed by atoms with Gasteiger partial charge in [0.15, 0.2) is 0 Å². The molecule has 1 heterocycles. The molecule has 0 amide bonds. The molecule has 4 rings (SSSR count). The van der Waals surface area contributed by atoms with Gasteiger partial charge in [0.25, 0.3) is 10.0 Å². The van der Waals surface area contributed by atoms with Crippen LogP contribution in [-0.4, -0.2) is 18.6 Å². The summed E-state index contributed by atoms with van der Waals surface area (Å²) in [6.07, 6.45) is 2.10. The van der Waals surface area contributed by atoms with Crippen molar-refractivity contribution in [2.75, 3.05) is 4.72 Å². The molecule has 2 aromatic carbocycles. The van der Waals surface area contributed by atoms with Crippen LogP contribution < -0.4 is 4.72 Å². The molecule has 0 bridgehead atoms. The zero-order valence-corrected chi connectivity index (χ0v) is 16.4. The molecule has 27 heavy (non-hydrogen) atoms. The summed E-state index contributed by atoms with van der Waals surface area (Å²) in [7, 11) is -3.83. The Balaban J connectivity index is 1.68. The van der Waals surface area contributed by atoms with Crippen LogP contribution in [0.4, 0.5) is 5.69 Å². The lowest BCUT2D eigenvalue weighted by molar-refractivity contribution is 0.380. The third kappa shape index (κ3) is 3.70. The SMILES string of the molecule is Cc1ccc(NS(=O)(=O)c2cc(-c3noc(C4CC4)n3)ccc2C)c(Cl)c1. The van der Waals surface area contributed by atoms with Crippen molar-refractivity contribution < 1.29 is 12.9 Å². The van der Waals surface area contributed by atoms with E-state index in [9.17, 15) is 8.42 Å². The number of rotatable bonds is 5. The summed E-state index contributed by atoms with van der Waals surface area (Å²) >= 11 is 6.17. The molecule has 1 N–H and O–H groups in total. The Morgan fingerprint density at radius 3 is 2.63 bits per heavy atom. The van der Waals surface area contributed by atoms with E-state index in [1.807, 2.05) is 6.92 Å². The second-order valence-electron chi connectivity index (χ2n) is 6.80. The number of aromatic nitrogens is 2. The maximum absolute atomic E-state index is 12.9. The molecule has 140 valence electrons. The van der Waals surface area contributed by atoms with Crippen LogP contribution in [0.1, 0.15) is 35.8 Å². The van der Waals surface area contributed by atoms with Gasteiger partial charge >= 0.3 is 0 Å². The Labute approximate surface area is 162 Å². The van der Waals surface area contributed by atoms with Gasteiger partial charge in [-0.25, -0.2) is 8.42 Å². The number of aryl methyl sites for hydroxylation is 2. The van der Waals surface area contributed by atoms with Gasteiger partial charge in [0.05, 0.1) is 15.6 Å². The monoisotopic (exact) mass is 403 g/mol. The van der Waals surface area contributed by atoms with E-state index in [2.05, 4.69) is 14.9 Å². The Kier molecular flexibility index (Phi) is 4.44. The number of nitrogens with one attached hydrogen (secondary N) is 1. The van der Waals surface area contributed by atoms with Gasteiger partial charge in [-0.3, -0.25) is 4.72 Å². The van der Waals surface area contributed by atoms with Crippen LogP contribution in [0.15, 0.2) is 45.8 Å². The molecule has 3 aromatic rings. The summed E-state index contributed by atoms with van der Waals surface area (Å²) in [6.45, 7) is 3.62. The summed E-state index contributed by atoms with van der Waals surface area (Å²) in [4.78, 5) is 4.54. The quantitative estimate of drug-likeness (QED) is 0.668. The average molecular weight is 404 g/mol. The standard InChI is InChI=1S/C19H18ClN3O3S/c1-11-3-8-16(15(20)9-11)23-27(24,25)17-10-14(5-4-12(17)2)18-21-19(26-22-18)13-6-7-13/h3-5,8-10,13,23H,6-7H2,1-2H3. The molecule has 0 unspecified atom stereocenters. The lowest BCUT2D eigenvalue weighted by atomic mass is 10.1. The van der Waals surface area contributed by atoms with Crippen molar-refractivity contribution in [3.63, 3.8) is 0 Å². The molecule has 1 aliphatic rings. The fraction of sp³-hybridized carbons (Fsp3) is 0.263. The van der Waals surface area contributed by atoms with Gasteiger partial charge in [0, 0.05) is 11.5 Å². The van der Waals surface area contributed by atoms with Crippen molar-refractivity contribution in [2.45, 2.75) is 37.5 Å². The maximum atomic E-state index is 12.9. The number of hydrogen-bond acceptors (Lipinski definition) is 5. The van der Waals surface area contributed by atoms with E-state index in [1.54, 1.807) is 43.3 Å². The molecular weight excluding hydrogens is 386 g/mol. The molecule has 8 heteroatoms. The van der Waals surface area contributed by atoms with Gasteiger partial charge in [-0.15, -0.1) is 0 Å². The highest BCUT2D eigenvalue weighted by Crippen LogP contribution is 2.39. The molecule has 1 fully saturated rings. The first-order valence-corrected chi connectivity index (χ1v) is 10.4. The van der Waals surface area contributed by atoms with Crippen molar-refractivity contribution >= 4 is 27.3 Å². The first-order chi connectivity index (χ1) is 12.8. The van der Waals surface area contributed by atoms with Crippen molar-refractivity contribution in [1.82, 2.24) is 10.1 Å². The molecule has 1 aromatic heterocycles. The van der Waals surface area contributed by atoms with Crippen LogP contribution >= 0.6 is 11.6 Å². The van der Waals surface area contributed by atoms with Crippen LogP contribution in [0.2, 0.25) is 5.02 Å². The second-order valence-corrected chi connectivity index (χ2v) is 8.86. The van der Waals surface area contributed by atoms with E-state index < -0.39 is 10.0 Å². The average Bonchev–Trinajstić information content (AvgIpc) is 3.35. The van der Waals surface area contributed by atoms with Crippen molar-refractivity contribution in [2.24, 2.45) is 0 Å². The van der Waals surface area contributed by atoms with E-state index >= 15 is 0 Å². The highest BCUT2D eigenvalue weighted by molar-refractivity contribution is 7.92. The first-order valence-electron chi connectivity index (χ1n) is 8.57. The van der Waals surface area contributed by atoms with Crippen LogP contribution in [-0.2, 0) is 10.0 Å². The van der Waals surface area contributed by atoms with E-state index in [1.165, 1.54) is 0 Å². The molecule has 0 aliphatic heterocycles. The normalized spacial score (nSPS) is 14.3. The van der Waals surface area contributed by atoms with Gasteiger partial charge < -0.3 is 4.52 Å². The summed E-state index contributed by atoms with van der Waals surface area (Å²) in [5, 5.41) is 4.33. The molecule has 0 spiro atoms. The Morgan fingerprint density at radius 1 is 1.15 bits per heavy atom. The second kappa shape index (κ2) is 6.65. The number of anilines is 1. The zero-order chi connectivity index (χ0) is 19.2. The highest BCUT2D eigenvalue weighted by atomic mass is 35.5. The molecule has 0 saturated heterocycles. The number of nitrogens with zero attached hydrogens (tertiary/aromatic N) is 2. The molecule has 6 nitrogen and oxygen atoms in total. The minimum absolute atomic E-state index is 0.148. The predicted molar refractivity (Wildman–Crippen MR) is 103 cm³/mol. The van der Waals surface area contributed by atoms with Crippen LogP contribution in [0.3, 0.4) is 0 Å². The molecule has 1 saturated carbocycles. The summed E-state index contributed by atoms with van der Waals surface area (Å²) in [6, 6.07) is 10.2.